The van der Waals surface area contributed by atoms with Crippen LogP contribution in [0, 0.1) is 0 Å². The number of fused-ring (bicyclic) bond motifs is 1. The summed E-state index contributed by atoms with van der Waals surface area (Å²) in [5.41, 5.74) is 2.02. The number of hydrogen-bond donors (Lipinski definition) is 1. The van der Waals surface area contributed by atoms with E-state index in [-0.39, 0.29) is 11.8 Å². The maximum absolute atomic E-state index is 12.9. The second kappa shape index (κ2) is 6.31. The summed E-state index contributed by atoms with van der Waals surface area (Å²) in [5, 5.41) is 2.96. The number of carbonyl (C=O) groups is 2. The lowest BCUT2D eigenvalue weighted by atomic mass is 9.89. The maximum Gasteiger partial charge on any atom is 0.253 e. The van der Waals surface area contributed by atoms with Gasteiger partial charge in [-0.2, -0.15) is 0 Å². The zero-order chi connectivity index (χ0) is 17.3. The minimum Gasteiger partial charge on any atom is -0.361 e. The summed E-state index contributed by atoms with van der Waals surface area (Å²) in [4.78, 5) is 32.9. The molecular weight excluding hydrogens is 304 g/mol. The number of rotatable bonds is 3. The Morgan fingerprint density at radius 1 is 1.25 bits per heavy atom. The number of aromatic nitrogens is 1. The molecule has 1 atom stereocenters. The van der Waals surface area contributed by atoms with Crippen LogP contribution >= 0.6 is 0 Å². The Morgan fingerprint density at radius 2 is 2.00 bits per heavy atom. The number of nitrogens with zero attached hydrogens (tertiary/aromatic N) is 3. The van der Waals surface area contributed by atoms with Gasteiger partial charge in [0, 0.05) is 39.4 Å². The summed E-state index contributed by atoms with van der Waals surface area (Å²) in [6, 6.07) is 10.9. The molecule has 124 valence electrons. The van der Waals surface area contributed by atoms with E-state index in [2.05, 4.69) is 10.3 Å². The van der Waals surface area contributed by atoms with Gasteiger partial charge in [-0.25, -0.2) is 4.98 Å². The number of likely N-dealkylation sites (N-methyl/N-ethyl adjacent to an activating group) is 1. The Bertz CT molecular complexity index is 788. The second-order valence-corrected chi connectivity index (χ2v) is 6.08. The van der Waals surface area contributed by atoms with Gasteiger partial charge in [0.1, 0.15) is 0 Å². The predicted molar refractivity (Wildman–Crippen MR) is 93.3 cm³/mol. The normalized spacial score (nSPS) is 16.5. The molecule has 24 heavy (non-hydrogen) atoms. The Hall–Kier alpha value is -2.89. The minimum absolute atomic E-state index is 0.0509. The number of benzene rings is 1. The molecule has 0 saturated carbocycles. The first-order valence-corrected chi connectivity index (χ1v) is 7.76. The molecule has 0 saturated heterocycles. The molecule has 1 aromatic carbocycles. The van der Waals surface area contributed by atoms with Crippen molar-refractivity contribution in [3.05, 3.63) is 53.7 Å². The summed E-state index contributed by atoms with van der Waals surface area (Å²) >= 11 is 0. The molecule has 6 heteroatoms. The number of anilines is 2. The molecule has 1 unspecified atom stereocenters. The van der Waals surface area contributed by atoms with Crippen molar-refractivity contribution in [3.8, 4) is 0 Å². The lowest BCUT2D eigenvalue weighted by Crippen LogP contribution is -2.41. The van der Waals surface area contributed by atoms with Gasteiger partial charge in [-0.15, -0.1) is 0 Å². The van der Waals surface area contributed by atoms with Crippen molar-refractivity contribution in [3.63, 3.8) is 0 Å². The van der Waals surface area contributed by atoms with Crippen LogP contribution < -0.4 is 10.2 Å². The average Bonchev–Trinajstić information content (AvgIpc) is 2.58. The zero-order valence-electron chi connectivity index (χ0n) is 14.0. The second-order valence-electron chi connectivity index (χ2n) is 6.08. The Balaban J connectivity index is 1.91. The van der Waals surface area contributed by atoms with Crippen LogP contribution in [0.15, 0.2) is 42.6 Å². The van der Waals surface area contributed by atoms with Crippen molar-refractivity contribution in [2.24, 2.45) is 0 Å². The number of hydrogen-bond acceptors (Lipinski definition) is 4. The van der Waals surface area contributed by atoms with Crippen LogP contribution in [0.5, 0.6) is 0 Å². The van der Waals surface area contributed by atoms with E-state index in [1.165, 1.54) is 0 Å². The monoisotopic (exact) mass is 324 g/mol. The molecule has 2 amide bonds. The van der Waals surface area contributed by atoms with Gasteiger partial charge in [0.25, 0.3) is 5.91 Å². The van der Waals surface area contributed by atoms with E-state index in [0.717, 1.165) is 5.56 Å². The highest BCUT2D eigenvalue weighted by Gasteiger charge is 2.33. The lowest BCUT2D eigenvalue weighted by Gasteiger charge is -2.31. The smallest absolute Gasteiger partial charge is 0.253 e. The lowest BCUT2D eigenvalue weighted by molar-refractivity contribution is -0.117. The van der Waals surface area contributed by atoms with Gasteiger partial charge in [-0.1, -0.05) is 18.2 Å². The van der Waals surface area contributed by atoms with Crippen molar-refractivity contribution in [2.45, 2.75) is 5.92 Å². The summed E-state index contributed by atoms with van der Waals surface area (Å²) in [6.07, 6.45) is 1.69. The van der Waals surface area contributed by atoms with Crippen LogP contribution in [0.2, 0.25) is 0 Å². The first-order valence-electron chi connectivity index (χ1n) is 7.76. The summed E-state index contributed by atoms with van der Waals surface area (Å²) in [7, 11) is 5.47. The molecule has 2 aromatic rings. The molecule has 1 aliphatic heterocycles. The van der Waals surface area contributed by atoms with Crippen molar-refractivity contribution in [1.29, 1.82) is 0 Å². The van der Waals surface area contributed by atoms with Crippen molar-refractivity contribution >= 4 is 23.3 Å². The number of carbonyl (C=O) groups excluding carboxylic acids is 2. The number of nitrogens with one attached hydrogen (secondary N) is 1. The van der Waals surface area contributed by atoms with E-state index in [0.29, 0.717) is 23.6 Å². The van der Waals surface area contributed by atoms with Crippen LogP contribution in [0.3, 0.4) is 0 Å². The van der Waals surface area contributed by atoms with E-state index < -0.39 is 5.92 Å². The molecule has 3 rings (SSSR count). The van der Waals surface area contributed by atoms with Crippen LogP contribution in [-0.2, 0) is 4.79 Å². The first kappa shape index (κ1) is 16.0. The van der Waals surface area contributed by atoms with Gasteiger partial charge in [-0.05, 0) is 23.8 Å². The van der Waals surface area contributed by atoms with E-state index in [4.69, 9.17) is 0 Å². The molecule has 6 nitrogen and oxygen atoms in total. The quantitative estimate of drug-likeness (QED) is 0.937. The molecule has 2 heterocycles. The Labute approximate surface area is 141 Å². The SMILES string of the molecule is CN1CC(C(=O)Nc2cccnc2N(C)C)c2ccccc2C1=O. The largest absolute Gasteiger partial charge is 0.361 e. The van der Waals surface area contributed by atoms with Crippen LogP contribution in [0.4, 0.5) is 11.5 Å². The average molecular weight is 324 g/mol. The molecule has 0 bridgehead atoms. The molecule has 0 aliphatic carbocycles. The Kier molecular flexibility index (Phi) is 4.20. The van der Waals surface area contributed by atoms with Gasteiger partial charge in [0.15, 0.2) is 5.82 Å². The van der Waals surface area contributed by atoms with E-state index in [1.807, 2.05) is 43.3 Å². The van der Waals surface area contributed by atoms with Crippen LogP contribution in [-0.4, -0.2) is 49.4 Å². The predicted octanol–water partition coefficient (Wildman–Crippen LogP) is 1.96. The standard InChI is InChI=1S/C18H20N4O2/c1-21(2)16-15(9-6-10-19-16)20-17(23)14-11-22(3)18(24)13-8-5-4-7-12(13)14/h4-10,14H,11H2,1-3H3,(H,20,23). The maximum atomic E-state index is 12.9. The fourth-order valence-corrected chi connectivity index (χ4v) is 2.95. The molecule has 1 aliphatic rings. The summed E-state index contributed by atoms with van der Waals surface area (Å²) < 4.78 is 0. The van der Waals surface area contributed by atoms with E-state index in [9.17, 15) is 9.59 Å². The van der Waals surface area contributed by atoms with Crippen LogP contribution in [0.1, 0.15) is 21.8 Å². The zero-order valence-corrected chi connectivity index (χ0v) is 14.0. The molecule has 0 fully saturated rings. The van der Waals surface area contributed by atoms with Gasteiger partial charge >= 0.3 is 0 Å². The van der Waals surface area contributed by atoms with Gasteiger partial charge in [0.2, 0.25) is 5.91 Å². The van der Waals surface area contributed by atoms with E-state index in [1.54, 1.807) is 30.3 Å². The number of pyridine rings is 1. The van der Waals surface area contributed by atoms with Crippen molar-refractivity contribution < 1.29 is 9.59 Å². The highest BCUT2D eigenvalue weighted by molar-refractivity contribution is 6.04. The minimum atomic E-state index is -0.404. The summed E-state index contributed by atoms with van der Waals surface area (Å²) in [6.45, 7) is 0.360. The fourth-order valence-electron chi connectivity index (χ4n) is 2.95. The van der Waals surface area contributed by atoms with Gasteiger partial charge in [-0.3, -0.25) is 9.59 Å². The molecule has 1 N–H and O–H groups in total. The third-order valence-electron chi connectivity index (χ3n) is 4.15. The Morgan fingerprint density at radius 3 is 2.75 bits per heavy atom. The highest BCUT2D eigenvalue weighted by atomic mass is 16.2. The van der Waals surface area contributed by atoms with Crippen molar-refractivity contribution in [2.75, 3.05) is 37.9 Å². The third-order valence-corrected chi connectivity index (χ3v) is 4.15. The van der Waals surface area contributed by atoms with Gasteiger partial charge in [0.05, 0.1) is 11.6 Å². The fraction of sp³-hybridized carbons (Fsp3) is 0.278. The molecular formula is C18H20N4O2. The van der Waals surface area contributed by atoms with E-state index >= 15 is 0 Å². The number of amides is 2. The molecule has 0 radical (unpaired) electrons. The molecule has 1 aromatic heterocycles. The van der Waals surface area contributed by atoms with Crippen LogP contribution in [0.25, 0.3) is 0 Å². The van der Waals surface area contributed by atoms with Gasteiger partial charge < -0.3 is 15.1 Å². The molecule has 0 spiro atoms. The third kappa shape index (κ3) is 2.82. The topological polar surface area (TPSA) is 65.5 Å². The highest BCUT2D eigenvalue weighted by Crippen LogP contribution is 2.29. The first-order chi connectivity index (χ1) is 11.5. The van der Waals surface area contributed by atoms with Crippen molar-refractivity contribution in [1.82, 2.24) is 9.88 Å². The summed E-state index contributed by atoms with van der Waals surface area (Å²) in [5.74, 6) is 0.0985.